The highest BCUT2D eigenvalue weighted by Gasteiger charge is 2.56. The Hall–Kier alpha value is -4.41. The fraction of sp³-hybridized carbons (Fsp3) is 0.672. The first-order valence-corrected chi connectivity index (χ1v) is 28.6. The molecule has 0 unspecified atom stereocenters. The average Bonchev–Trinajstić information content (AvgIpc) is 3.39. The molecule has 5 aliphatic rings. The zero-order valence-electron chi connectivity index (χ0n) is 49.5. The van der Waals surface area contributed by atoms with Crippen molar-refractivity contribution in [3.05, 3.63) is 94.7 Å². The van der Waals surface area contributed by atoms with Crippen molar-refractivity contribution in [1.82, 2.24) is 4.90 Å². The number of carbonyl (C=O) groups is 5. The molecular weight excluding hydrogens is 991 g/mol. The maximum atomic E-state index is 14.3. The molecule has 14 heteroatoms. The molecule has 78 heavy (non-hydrogen) atoms. The van der Waals surface area contributed by atoms with Crippen LogP contribution in [0.25, 0.3) is 0 Å². The van der Waals surface area contributed by atoms with Crippen molar-refractivity contribution in [2.24, 2.45) is 35.0 Å². The highest BCUT2D eigenvalue weighted by molar-refractivity contribution is 6.39. The molecule has 1 amide bonds. The molecule has 0 spiro atoms. The van der Waals surface area contributed by atoms with Gasteiger partial charge in [0.2, 0.25) is 5.79 Å². The van der Waals surface area contributed by atoms with Crippen LogP contribution in [0, 0.1) is 35.0 Å². The van der Waals surface area contributed by atoms with E-state index < -0.39 is 83.9 Å². The molecule has 436 valence electrons. The molecule has 14 atom stereocenters. The summed E-state index contributed by atoms with van der Waals surface area (Å²) in [5.41, 5.74) is 7.09. The molecule has 1 saturated carbocycles. The van der Waals surface area contributed by atoms with Gasteiger partial charge >= 0.3 is 5.97 Å². The molecule has 14 nitrogen and oxygen atoms in total. The Bertz CT molecular complexity index is 2280. The van der Waals surface area contributed by atoms with Gasteiger partial charge in [0.15, 0.2) is 0 Å². The number of esters is 1. The van der Waals surface area contributed by atoms with E-state index in [0.29, 0.717) is 56.9 Å². The van der Waals surface area contributed by atoms with E-state index in [4.69, 9.17) is 23.7 Å². The Morgan fingerprint density at radius 3 is 2.15 bits per heavy atom. The third-order valence-electron chi connectivity index (χ3n) is 17.0. The van der Waals surface area contributed by atoms with Gasteiger partial charge in [-0.1, -0.05) is 99.9 Å². The van der Waals surface area contributed by atoms with Gasteiger partial charge in [0.25, 0.3) is 11.7 Å². The first-order valence-electron chi connectivity index (χ1n) is 28.6. The number of carbonyl (C=O) groups excluding carboxylic acids is 5. The van der Waals surface area contributed by atoms with Gasteiger partial charge in [-0.05, 0) is 158 Å². The summed E-state index contributed by atoms with van der Waals surface area (Å²) in [5, 5.41) is 34.1. The number of allylic oxidation sites excluding steroid dienone is 14. The van der Waals surface area contributed by atoms with E-state index in [1.54, 1.807) is 33.1 Å². The number of rotatable bonds is 12. The van der Waals surface area contributed by atoms with Crippen LogP contribution in [0.15, 0.2) is 94.7 Å². The lowest BCUT2D eigenvalue weighted by Gasteiger charge is -2.47. The van der Waals surface area contributed by atoms with Crippen molar-refractivity contribution in [2.45, 2.75) is 214 Å². The minimum absolute atomic E-state index is 0.00988. The van der Waals surface area contributed by atoms with Crippen LogP contribution in [0.1, 0.15) is 159 Å². The zero-order valence-corrected chi connectivity index (χ0v) is 49.5. The number of piperidine rings is 1. The van der Waals surface area contributed by atoms with E-state index in [9.17, 15) is 39.3 Å². The number of fused-ring (bicyclic) bond motifs is 3. The predicted molar refractivity (Wildman–Crippen MR) is 305 cm³/mol. The lowest BCUT2D eigenvalue weighted by atomic mass is 9.72. The van der Waals surface area contributed by atoms with Gasteiger partial charge in [-0.15, -0.1) is 6.58 Å². The molecule has 5 rings (SSSR count). The number of nitrogens with zero attached hydrogens (tertiary/aromatic N) is 1. The normalized spacial score (nSPS) is 35.5. The first kappa shape index (κ1) is 66.1. The largest absolute Gasteiger partial charge is 0.456 e. The van der Waals surface area contributed by atoms with Crippen LogP contribution in [0.2, 0.25) is 0 Å². The zero-order chi connectivity index (χ0) is 58.1. The molecule has 2 aliphatic carbocycles. The fourth-order valence-electron chi connectivity index (χ4n) is 12.2. The fourth-order valence-corrected chi connectivity index (χ4v) is 12.2. The summed E-state index contributed by atoms with van der Waals surface area (Å²) in [7, 11) is 4.61. The summed E-state index contributed by atoms with van der Waals surface area (Å²) >= 11 is 0. The number of hydrogen-bond acceptors (Lipinski definition) is 13. The van der Waals surface area contributed by atoms with Crippen LogP contribution in [0.3, 0.4) is 0 Å². The van der Waals surface area contributed by atoms with Crippen LogP contribution in [-0.2, 0) is 47.7 Å². The minimum atomic E-state index is -2.51. The highest BCUT2D eigenvalue weighted by atomic mass is 16.7. The second-order valence-corrected chi connectivity index (χ2v) is 23.9. The van der Waals surface area contributed by atoms with Gasteiger partial charge in [-0.3, -0.25) is 19.2 Å². The third-order valence-corrected chi connectivity index (χ3v) is 17.0. The Morgan fingerprint density at radius 1 is 0.846 bits per heavy atom. The molecule has 0 aromatic rings. The lowest BCUT2D eigenvalue weighted by molar-refractivity contribution is -0.302. The third kappa shape index (κ3) is 18.0. The quantitative estimate of drug-likeness (QED) is 0.0418. The molecule has 0 radical (unpaired) electrons. The summed E-state index contributed by atoms with van der Waals surface area (Å²) in [6, 6.07) is -1.14. The van der Waals surface area contributed by atoms with Gasteiger partial charge in [0.05, 0.1) is 30.5 Å². The SMILES string of the molecule is C=CC[C@@H]1/C=C(\C)C[C@H](C)C[C@H](OC)[C@H]2O[C@@](O)(C(=O)C(=O)N3CCCC[C@H]3C(=O)O[C@H](/C(C)=C/[C@@H]3CC[C@@H](O)[C@H](OC)C3)[C@H](C)[C@@H](O)CC1=O)[C@H](C)C[C@@H]2OC.CC1=C(/C=C/C(C)=C/C=C/C(C)=C/C=O)C(C)(C)CCC1. The highest BCUT2D eigenvalue weighted by Crippen LogP contribution is 2.42. The van der Waals surface area contributed by atoms with Crippen LogP contribution >= 0.6 is 0 Å². The number of cyclic esters (lactones) is 1. The van der Waals surface area contributed by atoms with Crippen molar-refractivity contribution < 1.29 is 63.0 Å². The van der Waals surface area contributed by atoms with E-state index in [2.05, 4.69) is 52.5 Å². The predicted octanol–water partition coefficient (Wildman–Crippen LogP) is 10.4. The van der Waals surface area contributed by atoms with E-state index in [1.807, 2.05) is 52.0 Å². The number of aliphatic hydroxyl groups is 3. The molecular formula is C64H97NO13. The van der Waals surface area contributed by atoms with E-state index in [0.717, 1.165) is 17.4 Å². The van der Waals surface area contributed by atoms with Gasteiger partial charge < -0.3 is 43.9 Å². The van der Waals surface area contributed by atoms with Gasteiger partial charge in [-0.25, -0.2) is 4.79 Å². The maximum absolute atomic E-state index is 14.3. The van der Waals surface area contributed by atoms with Crippen molar-refractivity contribution in [2.75, 3.05) is 27.9 Å². The molecule has 0 aromatic heterocycles. The molecule has 2 bridgehead atoms. The summed E-state index contributed by atoms with van der Waals surface area (Å²) < 4.78 is 29.7. The Morgan fingerprint density at radius 2 is 1.51 bits per heavy atom. The number of hydrogen-bond donors (Lipinski definition) is 3. The molecule has 3 heterocycles. The standard InChI is InChI=1S/C44H69NO12.C20H28O/c1-10-13-31-19-25(2)18-26(3)20-37(54-8)40-38(55-9)22-28(5)44(52,57-40)41(49)42(50)45-17-12-11-14-32(45)43(51)56-39(29(6)34(47)24-35(31)48)27(4)21-30-15-16-33(46)36(23-30)53-7;1-16(8-6-9-17(2)13-15-21)11-12-19-18(3)10-7-14-20(19,4)5/h10,19,21,26,28-34,36-40,46-47,52H,1,11-18,20,22-24H2,2-9H3;6,8-9,11-13,15H,7,10,14H2,1-5H3/b25-19+,27-21+;9-6+,12-11+,16-8+,17-13+/t26-,28+,29+,30-,31+,32-,33+,34-,36+,37-,38-,39+,40+,44+;/m0./s1. The number of ether oxygens (including phenoxy) is 5. The molecule has 3 aliphatic heterocycles. The van der Waals surface area contributed by atoms with Crippen LogP contribution in [0.4, 0.5) is 0 Å². The van der Waals surface area contributed by atoms with Crippen molar-refractivity contribution in [3.63, 3.8) is 0 Å². The van der Waals surface area contributed by atoms with Crippen molar-refractivity contribution in [1.29, 1.82) is 0 Å². The van der Waals surface area contributed by atoms with Crippen molar-refractivity contribution in [3.8, 4) is 0 Å². The molecule has 3 fully saturated rings. The maximum Gasteiger partial charge on any atom is 0.329 e. The lowest BCUT2D eigenvalue weighted by Crippen LogP contribution is -2.64. The number of ketones is 2. The van der Waals surface area contributed by atoms with E-state index >= 15 is 0 Å². The average molecular weight is 1090 g/mol. The summed E-state index contributed by atoms with van der Waals surface area (Å²) in [5.74, 6) is -7.76. The Kier molecular flexibility index (Phi) is 26.3. The summed E-state index contributed by atoms with van der Waals surface area (Å²) in [6.07, 6.45) is 21.6. The van der Waals surface area contributed by atoms with E-state index in [1.165, 1.54) is 55.1 Å². The monoisotopic (exact) mass is 1090 g/mol. The van der Waals surface area contributed by atoms with Crippen LogP contribution < -0.4 is 0 Å². The molecule has 3 N–H and O–H groups in total. The summed E-state index contributed by atoms with van der Waals surface area (Å²) in [4.78, 5) is 68.2. The van der Waals surface area contributed by atoms with Crippen molar-refractivity contribution >= 4 is 29.7 Å². The molecule has 2 saturated heterocycles. The second kappa shape index (κ2) is 31.0. The number of Topliss-reactive ketones (excluding diaryl/α,β-unsaturated/α-hetero) is 2. The van der Waals surface area contributed by atoms with Gasteiger partial charge in [0, 0.05) is 52.0 Å². The molecule has 0 aromatic carbocycles. The number of methoxy groups -OCH3 is 3. The second-order valence-electron chi connectivity index (χ2n) is 23.9. The summed E-state index contributed by atoms with van der Waals surface area (Å²) in [6.45, 7) is 24.1. The minimum Gasteiger partial charge on any atom is -0.456 e. The number of aldehydes is 1. The van der Waals surface area contributed by atoms with E-state index in [-0.39, 0.29) is 54.9 Å². The van der Waals surface area contributed by atoms with Crippen LogP contribution in [0.5, 0.6) is 0 Å². The topological polar surface area (TPSA) is 195 Å². The van der Waals surface area contributed by atoms with Gasteiger partial charge in [-0.2, -0.15) is 0 Å². The Balaban J connectivity index is 0.000000523. The number of amides is 1. The first-order chi connectivity index (χ1) is 36.8. The van der Waals surface area contributed by atoms with Gasteiger partial charge in [0.1, 0.15) is 30.3 Å². The smallest absolute Gasteiger partial charge is 0.329 e. The Labute approximate surface area is 467 Å². The number of aliphatic hydroxyl groups excluding tert-OH is 2. The van der Waals surface area contributed by atoms with Crippen LogP contribution in [-0.4, -0.2) is 132 Å².